The number of rotatable bonds is 10. The van der Waals surface area contributed by atoms with E-state index in [0.29, 0.717) is 44.5 Å². The minimum absolute atomic E-state index is 0.0302. The first kappa shape index (κ1) is 27.1. The molecule has 1 aliphatic heterocycles. The molecule has 1 atom stereocenters. The number of aromatic nitrogens is 3. The summed E-state index contributed by atoms with van der Waals surface area (Å²) in [5.41, 5.74) is 3.34. The van der Waals surface area contributed by atoms with Crippen LogP contribution in [-0.4, -0.2) is 76.1 Å². The Labute approximate surface area is 222 Å². The highest BCUT2D eigenvalue weighted by Gasteiger charge is 2.36. The molecule has 38 heavy (non-hydrogen) atoms. The number of amides is 1. The van der Waals surface area contributed by atoms with Crippen molar-refractivity contribution in [3.05, 3.63) is 71.9 Å². The SMILES string of the molecule is CN(CCCCN(C1Cc2cc(C#N)ccc2N(Cc2cncn2C)C1)S(=O)(=O)c1ccccn1)C(=O)O. The number of fused-ring (bicyclic) bond motifs is 1. The van der Waals surface area contributed by atoms with Gasteiger partial charge >= 0.3 is 6.09 Å². The van der Waals surface area contributed by atoms with Gasteiger partial charge in [-0.2, -0.15) is 9.57 Å². The molecule has 11 nitrogen and oxygen atoms in total. The third-order valence-electron chi connectivity index (χ3n) is 6.77. The molecule has 0 radical (unpaired) electrons. The topological polar surface area (TPSA) is 136 Å². The average molecular weight is 538 g/mol. The summed E-state index contributed by atoms with van der Waals surface area (Å²) in [7, 11) is -0.542. The van der Waals surface area contributed by atoms with Gasteiger partial charge in [0.1, 0.15) is 0 Å². The number of hydrogen-bond donors (Lipinski definition) is 1. The second-order valence-electron chi connectivity index (χ2n) is 9.38. The highest BCUT2D eigenvalue weighted by Crippen LogP contribution is 2.33. The molecule has 2 aromatic heterocycles. The van der Waals surface area contributed by atoms with E-state index in [1.165, 1.54) is 28.5 Å². The molecule has 0 aliphatic carbocycles. The Kier molecular flexibility index (Phi) is 8.29. The van der Waals surface area contributed by atoms with E-state index in [-0.39, 0.29) is 11.6 Å². The molecular formula is C26H31N7O4S. The molecule has 3 heterocycles. The fourth-order valence-electron chi connectivity index (χ4n) is 4.70. The van der Waals surface area contributed by atoms with Crippen molar-refractivity contribution in [3.8, 4) is 6.07 Å². The van der Waals surface area contributed by atoms with Crippen LogP contribution in [0.5, 0.6) is 0 Å². The summed E-state index contributed by atoms with van der Waals surface area (Å²) < 4.78 is 31.1. The fourth-order valence-corrected chi connectivity index (χ4v) is 6.29. The van der Waals surface area contributed by atoms with E-state index in [0.717, 1.165) is 16.9 Å². The smallest absolute Gasteiger partial charge is 0.407 e. The quantitative estimate of drug-likeness (QED) is 0.390. The molecule has 0 spiro atoms. The summed E-state index contributed by atoms with van der Waals surface area (Å²) in [5, 5.41) is 18.6. The number of hydrogen-bond acceptors (Lipinski definition) is 7. The van der Waals surface area contributed by atoms with Crippen LogP contribution < -0.4 is 4.90 Å². The first-order chi connectivity index (χ1) is 18.2. The lowest BCUT2D eigenvalue weighted by atomic mass is 9.95. The van der Waals surface area contributed by atoms with Gasteiger partial charge in [-0.25, -0.2) is 23.2 Å². The Hall–Kier alpha value is -3.95. The summed E-state index contributed by atoms with van der Waals surface area (Å²) in [6, 6.07) is 12.1. The maximum absolute atomic E-state index is 13.9. The number of unbranched alkanes of at least 4 members (excludes halogenated alkanes) is 1. The molecule has 0 saturated heterocycles. The van der Waals surface area contributed by atoms with Gasteiger partial charge in [0.25, 0.3) is 10.0 Å². The van der Waals surface area contributed by atoms with Crippen LogP contribution in [0.4, 0.5) is 10.5 Å². The Bertz CT molecular complexity index is 1420. The predicted molar refractivity (Wildman–Crippen MR) is 141 cm³/mol. The number of nitriles is 1. The standard InChI is InChI=1S/C26H31N7O4S/c1-30(26(34)35)11-5-6-12-33(38(36,37)25-7-3-4-10-29-25)22-14-21-13-20(15-27)8-9-24(21)32(17-22)18-23-16-28-19-31(23)2/h3-4,7-10,13,16,19,22H,5-6,11-12,14,17-18H2,1-2H3,(H,34,35). The molecule has 1 N–H and O–H groups in total. The minimum atomic E-state index is -3.95. The van der Waals surface area contributed by atoms with Crippen LogP contribution in [0, 0.1) is 11.3 Å². The Balaban J connectivity index is 1.67. The maximum Gasteiger partial charge on any atom is 0.407 e. The number of benzene rings is 1. The van der Waals surface area contributed by atoms with E-state index in [2.05, 4.69) is 20.9 Å². The van der Waals surface area contributed by atoms with Gasteiger partial charge < -0.3 is 19.5 Å². The molecular weight excluding hydrogens is 506 g/mol. The van der Waals surface area contributed by atoms with Crippen molar-refractivity contribution in [2.75, 3.05) is 31.6 Å². The lowest BCUT2D eigenvalue weighted by Crippen LogP contribution is -2.51. The molecule has 1 aliphatic rings. The molecule has 0 saturated carbocycles. The van der Waals surface area contributed by atoms with Crippen LogP contribution in [-0.2, 0) is 30.0 Å². The van der Waals surface area contributed by atoms with E-state index in [1.54, 1.807) is 30.7 Å². The molecule has 0 bridgehead atoms. The number of carboxylic acid groups (broad SMARTS) is 1. The maximum atomic E-state index is 13.9. The van der Waals surface area contributed by atoms with Gasteiger partial charge in [0.15, 0.2) is 5.03 Å². The van der Waals surface area contributed by atoms with Crippen LogP contribution >= 0.6 is 0 Å². The molecule has 4 rings (SSSR count). The Morgan fingerprint density at radius 1 is 1.24 bits per heavy atom. The number of imidazole rings is 1. The van der Waals surface area contributed by atoms with Crippen LogP contribution in [0.1, 0.15) is 29.7 Å². The number of pyridine rings is 1. The van der Waals surface area contributed by atoms with Crippen molar-refractivity contribution in [2.24, 2.45) is 7.05 Å². The van der Waals surface area contributed by atoms with Crippen LogP contribution in [0.3, 0.4) is 0 Å². The average Bonchev–Trinajstić information content (AvgIpc) is 3.32. The van der Waals surface area contributed by atoms with E-state index in [9.17, 15) is 18.5 Å². The van der Waals surface area contributed by atoms with Crippen molar-refractivity contribution in [2.45, 2.75) is 36.9 Å². The molecule has 3 aromatic rings. The van der Waals surface area contributed by atoms with E-state index >= 15 is 0 Å². The lowest BCUT2D eigenvalue weighted by molar-refractivity contribution is 0.154. The van der Waals surface area contributed by atoms with Crippen LogP contribution in [0.25, 0.3) is 0 Å². The van der Waals surface area contributed by atoms with E-state index in [1.807, 2.05) is 23.7 Å². The normalized spacial score (nSPS) is 15.2. The zero-order valence-corrected chi connectivity index (χ0v) is 22.3. The molecule has 200 valence electrons. The zero-order chi connectivity index (χ0) is 27.3. The van der Waals surface area contributed by atoms with E-state index < -0.39 is 22.2 Å². The molecule has 1 aromatic carbocycles. The Morgan fingerprint density at radius 3 is 2.68 bits per heavy atom. The Morgan fingerprint density at radius 2 is 2.03 bits per heavy atom. The number of aryl methyl sites for hydroxylation is 1. The van der Waals surface area contributed by atoms with Crippen molar-refractivity contribution in [1.29, 1.82) is 5.26 Å². The van der Waals surface area contributed by atoms with Gasteiger partial charge in [-0.1, -0.05) is 6.07 Å². The van der Waals surface area contributed by atoms with Gasteiger partial charge in [0, 0.05) is 57.9 Å². The summed E-state index contributed by atoms with van der Waals surface area (Å²) >= 11 is 0. The molecule has 1 unspecified atom stereocenters. The number of nitrogens with zero attached hydrogens (tertiary/aromatic N) is 7. The highest BCUT2D eigenvalue weighted by molar-refractivity contribution is 7.89. The third kappa shape index (κ3) is 5.95. The number of sulfonamides is 1. The highest BCUT2D eigenvalue weighted by atomic mass is 32.2. The summed E-state index contributed by atoms with van der Waals surface area (Å²) in [5.74, 6) is 0. The first-order valence-corrected chi connectivity index (χ1v) is 13.7. The van der Waals surface area contributed by atoms with Crippen LogP contribution in [0.2, 0.25) is 0 Å². The van der Waals surface area contributed by atoms with Gasteiger partial charge in [-0.15, -0.1) is 0 Å². The summed E-state index contributed by atoms with van der Waals surface area (Å²) in [6.07, 6.45) is 5.37. The third-order valence-corrected chi connectivity index (χ3v) is 8.64. The van der Waals surface area contributed by atoms with Crippen molar-refractivity contribution in [3.63, 3.8) is 0 Å². The molecule has 0 fully saturated rings. The fraction of sp³-hybridized carbons (Fsp3) is 0.385. The number of anilines is 1. The number of carbonyl (C=O) groups is 1. The van der Waals surface area contributed by atoms with Gasteiger partial charge in [-0.3, -0.25) is 0 Å². The second kappa shape index (κ2) is 11.6. The van der Waals surface area contributed by atoms with Gasteiger partial charge in [0.05, 0.1) is 30.2 Å². The zero-order valence-electron chi connectivity index (χ0n) is 21.4. The molecule has 12 heteroatoms. The minimum Gasteiger partial charge on any atom is -0.465 e. The van der Waals surface area contributed by atoms with Crippen molar-refractivity contribution >= 4 is 21.8 Å². The summed E-state index contributed by atoms with van der Waals surface area (Å²) in [6.45, 7) is 1.47. The van der Waals surface area contributed by atoms with E-state index in [4.69, 9.17) is 5.11 Å². The first-order valence-electron chi connectivity index (χ1n) is 12.3. The molecule has 1 amide bonds. The van der Waals surface area contributed by atoms with Crippen LogP contribution in [0.15, 0.2) is 60.1 Å². The lowest BCUT2D eigenvalue weighted by Gasteiger charge is -2.40. The largest absolute Gasteiger partial charge is 0.465 e. The predicted octanol–water partition coefficient (Wildman–Crippen LogP) is 2.70. The van der Waals surface area contributed by atoms with Crippen molar-refractivity contribution in [1.82, 2.24) is 23.7 Å². The summed E-state index contributed by atoms with van der Waals surface area (Å²) in [4.78, 5) is 22.8. The van der Waals surface area contributed by atoms with Gasteiger partial charge in [0.2, 0.25) is 0 Å². The monoisotopic (exact) mass is 537 g/mol. The second-order valence-corrected chi connectivity index (χ2v) is 11.2. The van der Waals surface area contributed by atoms with Gasteiger partial charge in [-0.05, 0) is 55.2 Å². The van der Waals surface area contributed by atoms with Crippen molar-refractivity contribution < 1.29 is 18.3 Å².